The topological polar surface area (TPSA) is 69.9 Å². The molecule has 4 heteroatoms. The van der Waals surface area contributed by atoms with Crippen molar-refractivity contribution in [3.63, 3.8) is 0 Å². The van der Waals surface area contributed by atoms with E-state index in [0.717, 1.165) is 0 Å². The van der Waals surface area contributed by atoms with Gasteiger partial charge < -0.3 is 20.1 Å². The summed E-state index contributed by atoms with van der Waals surface area (Å²) < 4.78 is 5.12. The molecule has 0 amide bonds. The largest absolute Gasteiger partial charge is 0.388 e. The molecule has 0 aromatic rings. The summed E-state index contributed by atoms with van der Waals surface area (Å²) in [6.07, 6.45) is -3.89. The number of aliphatic hydroxyl groups is 3. The number of rotatable bonds is 0. The fourth-order valence-electron chi connectivity index (χ4n) is 1.26. The third-order valence-electron chi connectivity index (χ3n) is 2.09. The van der Waals surface area contributed by atoms with Gasteiger partial charge in [0.15, 0.2) is 0 Å². The maximum absolute atomic E-state index is 9.21. The lowest BCUT2D eigenvalue weighted by Gasteiger charge is -2.37. The summed E-state index contributed by atoms with van der Waals surface area (Å²) >= 11 is 0. The molecule has 1 aliphatic rings. The average molecular weight is 162 g/mol. The summed E-state index contributed by atoms with van der Waals surface area (Å²) in [4.78, 5) is 0. The first-order chi connectivity index (χ1) is 5.04. The van der Waals surface area contributed by atoms with E-state index in [1.807, 2.05) is 0 Å². The summed E-state index contributed by atoms with van der Waals surface area (Å²) in [5.41, 5.74) is 0. The molecule has 1 rings (SSSR count). The zero-order chi connectivity index (χ0) is 8.59. The molecule has 1 fully saturated rings. The van der Waals surface area contributed by atoms with Crippen LogP contribution < -0.4 is 0 Å². The predicted octanol–water partition coefficient (Wildman–Crippen LogP) is -1.12. The Hall–Kier alpha value is -0.160. The summed E-state index contributed by atoms with van der Waals surface area (Å²) in [6, 6.07) is 0. The van der Waals surface area contributed by atoms with Crippen LogP contribution in [0.2, 0.25) is 0 Å². The molecule has 0 spiro atoms. The third kappa shape index (κ3) is 1.54. The Balaban J connectivity index is 2.63. The highest BCUT2D eigenvalue weighted by molar-refractivity contribution is 4.88. The van der Waals surface area contributed by atoms with Crippen molar-refractivity contribution in [3.05, 3.63) is 0 Å². The van der Waals surface area contributed by atoms with Crippen molar-refractivity contribution < 1.29 is 20.1 Å². The summed E-state index contributed by atoms with van der Waals surface area (Å²) in [5, 5.41) is 27.6. The molecule has 0 radical (unpaired) electrons. The zero-order valence-corrected chi connectivity index (χ0v) is 6.64. The average Bonchev–Trinajstić information content (AvgIpc) is 1.97. The van der Waals surface area contributed by atoms with Gasteiger partial charge in [0.25, 0.3) is 0 Å². The van der Waals surface area contributed by atoms with Crippen LogP contribution in [0, 0.1) is 0 Å². The maximum atomic E-state index is 9.21. The van der Waals surface area contributed by atoms with Crippen molar-refractivity contribution in [1.82, 2.24) is 0 Å². The molecule has 0 saturated carbocycles. The van der Waals surface area contributed by atoms with Crippen LogP contribution in [-0.4, -0.2) is 45.8 Å². The van der Waals surface area contributed by atoms with Crippen LogP contribution in [0.4, 0.5) is 0 Å². The molecule has 4 atom stereocenters. The van der Waals surface area contributed by atoms with E-state index in [2.05, 4.69) is 0 Å². The van der Waals surface area contributed by atoms with Gasteiger partial charge in [-0.3, -0.25) is 0 Å². The normalized spacial score (nSPS) is 52.6. The number of hydrogen-bond acceptors (Lipinski definition) is 4. The molecule has 66 valence electrons. The highest BCUT2D eigenvalue weighted by Gasteiger charge is 2.39. The monoisotopic (exact) mass is 162 g/mol. The van der Waals surface area contributed by atoms with Gasteiger partial charge in [-0.25, -0.2) is 0 Å². The number of ether oxygens (including phenoxy) is 1. The third-order valence-corrected chi connectivity index (χ3v) is 2.09. The lowest BCUT2D eigenvalue weighted by molar-refractivity contribution is -0.211. The first-order valence-corrected chi connectivity index (χ1v) is 3.73. The Kier molecular flexibility index (Phi) is 2.49. The van der Waals surface area contributed by atoms with Crippen LogP contribution >= 0.6 is 0 Å². The molecule has 1 heterocycles. The van der Waals surface area contributed by atoms with Gasteiger partial charge in [-0.05, 0) is 13.8 Å². The molecule has 4 nitrogen and oxygen atoms in total. The van der Waals surface area contributed by atoms with Gasteiger partial charge in [0.05, 0.1) is 12.2 Å². The molecule has 3 N–H and O–H groups in total. The molecule has 0 unspecified atom stereocenters. The molecule has 0 aliphatic carbocycles. The van der Waals surface area contributed by atoms with E-state index >= 15 is 0 Å². The van der Waals surface area contributed by atoms with Crippen LogP contribution in [0.3, 0.4) is 0 Å². The SMILES string of the molecule is C[C@@H]1O[C@@H](C)[C@@H](O)C(O)[C@@H]1O. The minimum absolute atomic E-state index is 0.414. The summed E-state index contributed by atoms with van der Waals surface area (Å²) in [6.45, 7) is 3.33. The molecule has 0 aromatic heterocycles. The standard InChI is InChI=1S/C7H14O4/c1-3-5(8)7(10)6(9)4(2)11-3/h3-10H,1-2H3/t3-,4-,5+,6+/m0/s1. The van der Waals surface area contributed by atoms with E-state index in [4.69, 9.17) is 4.74 Å². The molecule has 1 aliphatic heterocycles. The van der Waals surface area contributed by atoms with Crippen molar-refractivity contribution in [3.8, 4) is 0 Å². The van der Waals surface area contributed by atoms with E-state index in [-0.39, 0.29) is 0 Å². The van der Waals surface area contributed by atoms with Crippen molar-refractivity contribution in [2.45, 2.75) is 44.4 Å². The van der Waals surface area contributed by atoms with Crippen molar-refractivity contribution in [2.24, 2.45) is 0 Å². The van der Waals surface area contributed by atoms with Gasteiger partial charge in [0, 0.05) is 0 Å². The van der Waals surface area contributed by atoms with Gasteiger partial charge in [-0.15, -0.1) is 0 Å². The summed E-state index contributed by atoms with van der Waals surface area (Å²) in [7, 11) is 0. The van der Waals surface area contributed by atoms with Gasteiger partial charge in [-0.1, -0.05) is 0 Å². The first-order valence-electron chi connectivity index (χ1n) is 3.73. The Morgan fingerprint density at radius 3 is 1.55 bits per heavy atom. The number of hydrogen-bond donors (Lipinski definition) is 3. The van der Waals surface area contributed by atoms with Crippen LogP contribution in [-0.2, 0) is 4.74 Å². The molecular weight excluding hydrogens is 148 g/mol. The Morgan fingerprint density at radius 1 is 0.818 bits per heavy atom. The van der Waals surface area contributed by atoms with E-state index in [1.54, 1.807) is 13.8 Å². The van der Waals surface area contributed by atoms with Gasteiger partial charge >= 0.3 is 0 Å². The molecule has 11 heavy (non-hydrogen) atoms. The smallest absolute Gasteiger partial charge is 0.111 e. The highest BCUT2D eigenvalue weighted by Crippen LogP contribution is 2.19. The maximum Gasteiger partial charge on any atom is 0.111 e. The molecule has 0 bridgehead atoms. The Labute approximate surface area is 65.4 Å². The second-order valence-electron chi connectivity index (χ2n) is 3.02. The summed E-state index contributed by atoms with van der Waals surface area (Å²) in [5.74, 6) is 0. The van der Waals surface area contributed by atoms with Gasteiger partial charge in [0.2, 0.25) is 0 Å². The van der Waals surface area contributed by atoms with Crippen molar-refractivity contribution in [1.29, 1.82) is 0 Å². The fourth-order valence-corrected chi connectivity index (χ4v) is 1.26. The lowest BCUT2D eigenvalue weighted by Crippen LogP contribution is -2.55. The van der Waals surface area contributed by atoms with E-state index in [0.29, 0.717) is 0 Å². The quantitative estimate of drug-likeness (QED) is 0.422. The predicted molar refractivity (Wildman–Crippen MR) is 38.0 cm³/mol. The second kappa shape index (κ2) is 3.06. The molecule has 1 saturated heterocycles. The van der Waals surface area contributed by atoms with E-state index in [9.17, 15) is 15.3 Å². The Bertz CT molecular complexity index is 124. The van der Waals surface area contributed by atoms with Crippen molar-refractivity contribution in [2.75, 3.05) is 0 Å². The fraction of sp³-hybridized carbons (Fsp3) is 1.00. The minimum Gasteiger partial charge on any atom is -0.388 e. The van der Waals surface area contributed by atoms with Crippen molar-refractivity contribution >= 4 is 0 Å². The Morgan fingerprint density at radius 2 is 1.18 bits per heavy atom. The zero-order valence-electron chi connectivity index (χ0n) is 6.64. The van der Waals surface area contributed by atoms with Crippen LogP contribution in [0.5, 0.6) is 0 Å². The van der Waals surface area contributed by atoms with E-state index in [1.165, 1.54) is 0 Å². The van der Waals surface area contributed by atoms with Gasteiger partial charge in [0.1, 0.15) is 18.3 Å². The number of aliphatic hydroxyl groups excluding tert-OH is 3. The van der Waals surface area contributed by atoms with Gasteiger partial charge in [-0.2, -0.15) is 0 Å². The van der Waals surface area contributed by atoms with Crippen LogP contribution in [0.15, 0.2) is 0 Å². The lowest BCUT2D eigenvalue weighted by atomic mass is 9.97. The van der Waals surface area contributed by atoms with Crippen LogP contribution in [0.1, 0.15) is 13.8 Å². The highest BCUT2D eigenvalue weighted by atomic mass is 16.5. The van der Waals surface area contributed by atoms with E-state index < -0.39 is 30.5 Å². The van der Waals surface area contributed by atoms with Crippen LogP contribution in [0.25, 0.3) is 0 Å². The molecule has 0 aromatic carbocycles. The second-order valence-corrected chi connectivity index (χ2v) is 3.02. The molecular formula is C7H14O4. The minimum atomic E-state index is -1.09. The first kappa shape index (κ1) is 8.93.